The average Bonchev–Trinajstić information content (AvgIpc) is 1.62. The van der Waals surface area contributed by atoms with Crippen molar-refractivity contribution in [1.82, 2.24) is 5.73 Å². The highest BCUT2D eigenvalue weighted by Crippen LogP contribution is 2.24. The fourth-order valence-corrected chi connectivity index (χ4v) is 0.119. The summed E-state index contributed by atoms with van der Waals surface area (Å²) >= 11 is 0. The SMILES string of the molecule is [NH]C(F)(F)C(F)=C(F)F. The molecular formula is C3HF5N. The lowest BCUT2D eigenvalue weighted by Crippen LogP contribution is -2.18. The molecule has 0 bridgehead atoms. The van der Waals surface area contributed by atoms with Gasteiger partial charge in [-0.1, -0.05) is 0 Å². The molecule has 0 aliphatic rings. The molecule has 1 radical (unpaired) electrons. The number of alkyl halides is 2. The molecule has 0 heterocycles. The van der Waals surface area contributed by atoms with Crippen molar-refractivity contribution < 1.29 is 22.0 Å². The largest absolute Gasteiger partial charge is 0.372 e. The highest BCUT2D eigenvalue weighted by atomic mass is 19.3. The molecule has 0 aromatic heterocycles. The van der Waals surface area contributed by atoms with Crippen LogP contribution in [0.3, 0.4) is 0 Å². The number of rotatable bonds is 1. The number of hydrogen-bond acceptors (Lipinski definition) is 0. The van der Waals surface area contributed by atoms with Crippen LogP contribution in [0.2, 0.25) is 0 Å². The Balaban J connectivity index is 4.40. The van der Waals surface area contributed by atoms with Crippen LogP contribution in [0.5, 0.6) is 0 Å². The zero-order chi connectivity index (χ0) is 7.65. The maximum atomic E-state index is 11.2. The van der Waals surface area contributed by atoms with E-state index in [1.807, 2.05) is 0 Å². The lowest BCUT2D eigenvalue weighted by Gasteiger charge is -2.02. The maximum absolute atomic E-state index is 11.2. The van der Waals surface area contributed by atoms with E-state index >= 15 is 0 Å². The Labute approximate surface area is 46.9 Å². The van der Waals surface area contributed by atoms with E-state index in [4.69, 9.17) is 5.73 Å². The Morgan fingerprint density at radius 3 is 1.44 bits per heavy atom. The molecule has 53 valence electrons. The Bertz CT molecular complexity index is 130. The first kappa shape index (κ1) is 8.35. The van der Waals surface area contributed by atoms with Gasteiger partial charge in [0.2, 0.25) is 0 Å². The van der Waals surface area contributed by atoms with Gasteiger partial charge in [-0.2, -0.15) is 27.7 Å². The standard InChI is InChI=1S/C3HF5N/c4-1(2(5)6)3(7,8)9/h9H. The van der Waals surface area contributed by atoms with E-state index in [0.717, 1.165) is 0 Å². The fourth-order valence-electron chi connectivity index (χ4n) is 0.119. The summed E-state index contributed by atoms with van der Waals surface area (Å²) in [6.45, 7) is 0. The second kappa shape index (κ2) is 2.30. The molecule has 0 rings (SSSR count). The van der Waals surface area contributed by atoms with E-state index in [0.29, 0.717) is 0 Å². The van der Waals surface area contributed by atoms with Crippen LogP contribution in [-0.2, 0) is 0 Å². The first-order valence-corrected chi connectivity index (χ1v) is 1.69. The van der Waals surface area contributed by atoms with Crippen LogP contribution < -0.4 is 5.73 Å². The summed E-state index contributed by atoms with van der Waals surface area (Å²) in [5, 5.41) is 0. The zero-order valence-electron chi connectivity index (χ0n) is 3.89. The van der Waals surface area contributed by atoms with Crippen LogP contribution in [-0.4, -0.2) is 6.05 Å². The normalized spacial score (nSPS) is 11.3. The van der Waals surface area contributed by atoms with E-state index in [9.17, 15) is 22.0 Å². The topological polar surface area (TPSA) is 23.8 Å². The molecule has 0 saturated heterocycles. The Morgan fingerprint density at radius 2 is 1.44 bits per heavy atom. The maximum Gasteiger partial charge on any atom is 0.372 e. The van der Waals surface area contributed by atoms with Crippen molar-refractivity contribution in [2.24, 2.45) is 0 Å². The van der Waals surface area contributed by atoms with Crippen molar-refractivity contribution >= 4 is 0 Å². The van der Waals surface area contributed by atoms with Gasteiger partial charge in [-0.15, -0.1) is 0 Å². The van der Waals surface area contributed by atoms with Crippen LogP contribution in [0.1, 0.15) is 0 Å². The van der Waals surface area contributed by atoms with E-state index in [1.54, 1.807) is 0 Å². The summed E-state index contributed by atoms with van der Waals surface area (Å²) in [5.41, 5.74) is 5.42. The number of halogens is 5. The minimum absolute atomic E-state index is 3.00. The summed E-state index contributed by atoms with van der Waals surface area (Å²) in [6.07, 6.45) is -3.16. The van der Waals surface area contributed by atoms with E-state index < -0.39 is 18.0 Å². The van der Waals surface area contributed by atoms with Crippen molar-refractivity contribution in [1.29, 1.82) is 0 Å². The first-order valence-electron chi connectivity index (χ1n) is 1.69. The second-order valence-corrected chi connectivity index (χ2v) is 1.15. The van der Waals surface area contributed by atoms with Crippen molar-refractivity contribution in [2.45, 2.75) is 6.05 Å². The lowest BCUT2D eigenvalue weighted by molar-refractivity contribution is 0.00936. The molecule has 0 unspecified atom stereocenters. The molecule has 1 N–H and O–H groups in total. The van der Waals surface area contributed by atoms with Gasteiger partial charge in [-0.3, -0.25) is 0 Å². The van der Waals surface area contributed by atoms with Gasteiger partial charge in [-0.05, 0) is 0 Å². The first-order chi connectivity index (χ1) is 3.85. The average molecular weight is 146 g/mol. The van der Waals surface area contributed by atoms with Gasteiger partial charge >= 0.3 is 12.1 Å². The van der Waals surface area contributed by atoms with Crippen LogP contribution in [0.4, 0.5) is 22.0 Å². The molecule has 0 saturated carbocycles. The van der Waals surface area contributed by atoms with Crippen LogP contribution in [0.15, 0.2) is 11.9 Å². The van der Waals surface area contributed by atoms with Crippen molar-refractivity contribution in [2.75, 3.05) is 0 Å². The summed E-state index contributed by atoms with van der Waals surface area (Å²) in [7, 11) is 0. The monoisotopic (exact) mass is 146 g/mol. The van der Waals surface area contributed by atoms with Gasteiger partial charge in [0, 0.05) is 0 Å². The minimum atomic E-state index is -4.81. The van der Waals surface area contributed by atoms with E-state index in [-0.39, 0.29) is 0 Å². The Hall–Kier alpha value is -0.650. The van der Waals surface area contributed by atoms with Crippen molar-refractivity contribution in [3.8, 4) is 0 Å². The predicted molar refractivity (Wildman–Crippen MR) is 18.4 cm³/mol. The van der Waals surface area contributed by atoms with Gasteiger partial charge < -0.3 is 0 Å². The smallest absolute Gasteiger partial charge is 0.197 e. The fraction of sp³-hybridized carbons (Fsp3) is 0.333. The third-order valence-corrected chi connectivity index (χ3v) is 0.442. The lowest BCUT2D eigenvalue weighted by atomic mass is 10.5. The van der Waals surface area contributed by atoms with Gasteiger partial charge in [0.25, 0.3) is 5.83 Å². The van der Waals surface area contributed by atoms with Gasteiger partial charge in [-0.25, -0.2) is 0 Å². The predicted octanol–water partition coefficient (Wildman–Crippen LogP) is 1.94. The van der Waals surface area contributed by atoms with Crippen LogP contribution in [0, 0.1) is 0 Å². The van der Waals surface area contributed by atoms with Crippen molar-refractivity contribution in [3.05, 3.63) is 11.9 Å². The molecule has 9 heavy (non-hydrogen) atoms. The molecule has 0 spiro atoms. The second-order valence-electron chi connectivity index (χ2n) is 1.15. The molecule has 0 aromatic carbocycles. The summed E-state index contributed by atoms with van der Waals surface area (Å²) in [4.78, 5) is 0. The van der Waals surface area contributed by atoms with Gasteiger partial charge in [0.05, 0.1) is 0 Å². The molecular weight excluding hydrogens is 145 g/mol. The van der Waals surface area contributed by atoms with Gasteiger partial charge in [0.1, 0.15) is 0 Å². The molecule has 6 heteroatoms. The number of nitrogens with one attached hydrogen (secondary N) is 1. The molecule has 0 aliphatic carbocycles. The molecule has 1 nitrogen and oxygen atoms in total. The third-order valence-electron chi connectivity index (χ3n) is 0.442. The Kier molecular flexibility index (Phi) is 2.13. The van der Waals surface area contributed by atoms with Crippen LogP contribution >= 0.6 is 0 Å². The number of hydrogen-bond donors (Lipinski definition) is 0. The van der Waals surface area contributed by atoms with E-state index in [2.05, 4.69) is 0 Å². The highest BCUT2D eigenvalue weighted by Gasteiger charge is 2.34. The zero-order valence-corrected chi connectivity index (χ0v) is 3.89. The summed E-state index contributed by atoms with van der Waals surface area (Å²) in [6, 6.07) is -4.81. The summed E-state index contributed by atoms with van der Waals surface area (Å²) < 4.78 is 55.1. The minimum Gasteiger partial charge on any atom is -0.197 e. The molecule has 0 aliphatic heterocycles. The molecule has 0 amide bonds. The molecule has 0 aromatic rings. The summed E-state index contributed by atoms with van der Waals surface area (Å²) in [5.74, 6) is -3.00. The van der Waals surface area contributed by atoms with E-state index in [1.165, 1.54) is 0 Å². The van der Waals surface area contributed by atoms with Crippen LogP contribution in [0.25, 0.3) is 0 Å². The Morgan fingerprint density at radius 1 is 1.11 bits per heavy atom. The van der Waals surface area contributed by atoms with Gasteiger partial charge in [0.15, 0.2) is 0 Å². The van der Waals surface area contributed by atoms with Crippen molar-refractivity contribution in [3.63, 3.8) is 0 Å². The highest BCUT2D eigenvalue weighted by molar-refractivity contribution is 5.00. The quantitative estimate of drug-likeness (QED) is 0.398. The molecule has 0 fully saturated rings. The molecule has 0 atom stereocenters. The third kappa shape index (κ3) is 2.41.